The lowest BCUT2D eigenvalue weighted by Crippen LogP contribution is -2.56. The molecule has 1 aromatic rings. The molecule has 1 amide bonds. The number of hydrogen-bond donors (Lipinski definition) is 1. The summed E-state index contributed by atoms with van der Waals surface area (Å²) >= 11 is -1.38. The van der Waals surface area contributed by atoms with Crippen LogP contribution in [0.4, 0.5) is 4.79 Å². The maximum atomic E-state index is 13.0. The molecule has 0 unspecified atom stereocenters. The first kappa shape index (κ1) is 23.1. The van der Waals surface area contributed by atoms with Crippen molar-refractivity contribution in [2.45, 2.75) is 50.5 Å². The Labute approximate surface area is 182 Å². The highest BCUT2D eigenvalue weighted by Gasteiger charge is 2.39. The summed E-state index contributed by atoms with van der Waals surface area (Å²) in [5.74, 6) is 0. The summed E-state index contributed by atoms with van der Waals surface area (Å²) in [4.78, 5) is 12.2. The summed E-state index contributed by atoms with van der Waals surface area (Å²) in [6.07, 6.45) is 2.15. The number of alkyl carbamates (subject to hydrolysis) is 1. The molecule has 2 fully saturated rings. The van der Waals surface area contributed by atoms with Crippen molar-refractivity contribution < 1.29 is 23.3 Å². The molecule has 2 atom stereocenters. The molecule has 2 heterocycles. The number of carbonyl (C=O) groups is 1. The van der Waals surface area contributed by atoms with Gasteiger partial charge in [0, 0.05) is 19.3 Å². The molecule has 30 heavy (non-hydrogen) atoms. The lowest BCUT2D eigenvalue weighted by atomic mass is 10.1. The van der Waals surface area contributed by atoms with Crippen LogP contribution in [-0.2, 0) is 27.4 Å². The number of nitrogens with one attached hydrogen (secondary N) is 1. The van der Waals surface area contributed by atoms with Crippen molar-refractivity contribution in [1.82, 2.24) is 5.32 Å². The monoisotopic (exact) mass is 436 g/mol. The SMILES string of the molecule is CC(C)(CC[N+]1(C)CCC1)[S@@+]([O-])/N=C1\CCOC[C@@H]1NC(=O)OCc1ccccc1. The Kier molecular flexibility index (Phi) is 7.79. The van der Waals surface area contributed by atoms with Crippen molar-refractivity contribution in [2.24, 2.45) is 4.40 Å². The predicted octanol–water partition coefficient (Wildman–Crippen LogP) is 2.83. The van der Waals surface area contributed by atoms with Gasteiger partial charge in [-0.1, -0.05) is 34.7 Å². The first-order valence-corrected chi connectivity index (χ1v) is 11.8. The Bertz CT molecular complexity index is 737. The van der Waals surface area contributed by atoms with Gasteiger partial charge in [-0.3, -0.25) is 0 Å². The van der Waals surface area contributed by atoms with Gasteiger partial charge in [-0.05, 0) is 19.4 Å². The Balaban J connectivity index is 1.55. The Morgan fingerprint density at radius 2 is 2.10 bits per heavy atom. The number of rotatable bonds is 8. The molecule has 166 valence electrons. The molecule has 0 radical (unpaired) electrons. The zero-order valence-corrected chi connectivity index (χ0v) is 19.1. The van der Waals surface area contributed by atoms with Crippen LogP contribution in [0.1, 0.15) is 38.7 Å². The van der Waals surface area contributed by atoms with Crippen molar-refractivity contribution in [3.8, 4) is 0 Å². The molecule has 2 saturated heterocycles. The van der Waals surface area contributed by atoms with Gasteiger partial charge in [0.2, 0.25) is 0 Å². The number of benzene rings is 1. The number of amides is 1. The quantitative estimate of drug-likeness (QED) is 0.502. The fourth-order valence-electron chi connectivity index (χ4n) is 3.57. The van der Waals surface area contributed by atoms with E-state index in [-0.39, 0.29) is 6.61 Å². The Hall–Kier alpha value is -1.61. The molecule has 3 rings (SSSR count). The molecule has 1 N–H and O–H groups in total. The van der Waals surface area contributed by atoms with E-state index in [1.54, 1.807) is 0 Å². The Morgan fingerprint density at radius 3 is 2.77 bits per heavy atom. The number of carbonyl (C=O) groups excluding carboxylic acids is 1. The second-order valence-corrected chi connectivity index (χ2v) is 10.9. The molecule has 0 saturated carbocycles. The van der Waals surface area contributed by atoms with E-state index in [0.717, 1.165) is 23.0 Å². The number of quaternary nitrogens is 1. The minimum atomic E-state index is -1.38. The first-order chi connectivity index (χ1) is 14.3. The van der Waals surface area contributed by atoms with Gasteiger partial charge in [-0.25, -0.2) is 4.79 Å². The molecule has 2 aliphatic rings. The van der Waals surface area contributed by atoms with Crippen LogP contribution in [0.5, 0.6) is 0 Å². The van der Waals surface area contributed by atoms with Crippen molar-refractivity contribution in [3.05, 3.63) is 35.9 Å². The Morgan fingerprint density at radius 1 is 1.37 bits per heavy atom. The van der Waals surface area contributed by atoms with E-state index in [1.807, 2.05) is 44.2 Å². The van der Waals surface area contributed by atoms with Crippen LogP contribution in [0.25, 0.3) is 0 Å². The average molecular weight is 437 g/mol. The van der Waals surface area contributed by atoms with Crippen molar-refractivity contribution in [2.75, 3.05) is 39.9 Å². The number of likely N-dealkylation sites (tertiary alicyclic amines) is 1. The van der Waals surface area contributed by atoms with Gasteiger partial charge < -0.3 is 23.8 Å². The third-order valence-electron chi connectivity index (χ3n) is 6.02. The van der Waals surface area contributed by atoms with Gasteiger partial charge in [0.25, 0.3) is 0 Å². The van der Waals surface area contributed by atoms with E-state index in [2.05, 4.69) is 16.8 Å². The third kappa shape index (κ3) is 6.44. The van der Waals surface area contributed by atoms with E-state index in [4.69, 9.17) is 9.47 Å². The van der Waals surface area contributed by atoms with E-state index >= 15 is 0 Å². The molecular formula is C22H34N3O4S+. The molecular weight excluding hydrogens is 402 g/mol. The maximum absolute atomic E-state index is 13.0. The lowest BCUT2D eigenvalue weighted by Gasteiger charge is -2.43. The zero-order valence-electron chi connectivity index (χ0n) is 18.3. The van der Waals surface area contributed by atoms with Crippen molar-refractivity contribution in [1.29, 1.82) is 0 Å². The standard InChI is InChI=1S/C22H33N3O4S/c1-22(2,11-14-25(3)12-7-13-25)30(27)24-19-10-15-28-17-20(19)23-21(26)29-16-18-8-5-4-6-9-18/h4-6,8-9,20H,7,10-17H2,1-3H3/p+1/b24-19+/t20-,30+/m0/s1. The fourth-order valence-corrected chi connectivity index (χ4v) is 4.51. The normalized spacial score (nSPS) is 23.5. The summed E-state index contributed by atoms with van der Waals surface area (Å²) in [6.45, 7) is 8.46. The van der Waals surface area contributed by atoms with Gasteiger partial charge in [0.1, 0.15) is 18.0 Å². The number of ether oxygens (including phenoxy) is 2. The van der Waals surface area contributed by atoms with Gasteiger partial charge in [-0.2, -0.15) is 0 Å². The second kappa shape index (κ2) is 10.1. The minimum absolute atomic E-state index is 0.197. The molecule has 0 aromatic heterocycles. The predicted molar refractivity (Wildman–Crippen MR) is 119 cm³/mol. The van der Waals surface area contributed by atoms with Crippen LogP contribution in [0.2, 0.25) is 0 Å². The zero-order chi connectivity index (χ0) is 21.6. The first-order valence-electron chi connectivity index (χ1n) is 10.7. The van der Waals surface area contributed by atoms with E-state index in [9.17, 15) is 9.35 Å². The van der Waals surface area contributed by atoms with E-state index < -0.39 is 28.2 Å². The maximum Gasteiger partial charge on any atom is 0.408 e. The van der Waals surface area contributed by atoms with Crippen LogP contribution in [0.3, 0.4) is 0 Å². The van der Waals surface area contributed by atoms with Gasteiger partial charge in [0.05, 0.1) is 51.6 Å². The molecule has 8 heteroatoms. The largest absolute Gasteiger partial charge is 0.591 e. The topological polar surface area (TPSA) is 83.0 Å². The molecule has 7 nitrogen and oxygen atoms in total. The van der Waals surface area contributed by atoms with E-state index in [0.29, 0.717) is 25.3 Å². The highest BCUT2D eigenvalue weighted by molar-refractivity contribution is 7.91. The lowest BCUT2D eigenvalue weighted by molar-refractivity contribution is -0.946. The van der Waals surface area contributed by atoms with Crippen molar-refractivity contribution in [3.63, 3.8) is 0 Å². The van der Waals surface area contributed by atoms with Crippen LogP contribution in [-0.4, -0.2) is 71.5 Å². The third-order valence-corrected chi connectivity index (χ3v) is 7.57. The molecule has 1 aromatic carbocycles. The van der Waals surface area contributed by atoms with Gasteiger partial charge in [-0.15, -0.1) is 0 Å². The molecule has 0 aliphatic carbocycles. The van der Waals surface area contributed by atoms with Crippen LogP contribution in [0.15, 0.2) is 34.7 Å². The smallest absolute Gasteiger partial charge is 0.408 e. The number of hydrogen-bond acceptors (Lipinski definition) is 5. The van der Waals surface area contributed by atoms with Gasteiger partial charge >= 0.3 is 6.09 Å². The van der Waals surface area contributed by atoms with Gasteiger partial charge in [0.15, 0.2) is 4.75 Å². The van der Waals surface area contributed by atoms with Crippen LogP contribution >= 0.6 is 0 Å². The summed E-state index contributed by atoms with van der Waals surface area (Å²) in [5, 5.41) is 2.82. The summed E-state index contributed by atoms with van der Waals surface area (Å²) in [7, 11) is 2.26. The summed E-state index contributed by atoms with van der Waals surface area (Å²) in [6, 6.07) is 9.10. The highest BCUT2D eigenvalue weighted by Crippen LogP contribution is 2.27. The van der Waals surface area contributed by atoms with Crippen LogP contribution < -0.4 is 5.32 Å². The highest BCUT2D eigenvalue weighted by atomic mass is 32.2. The molecule has 2 aliphatic heterocycles. The number of nitrogens with zero attached hydrogens (tertiary/aromatic N) is 2. The summed E-state index contributed by atoms with van der Waals surface area (Å²) in [5.41, 5.74) is 1.64. The molecule has 0 spiro atoms. The van der Waals surface area contributed by atoms with Crippen LogP contribution in [0, 0.1) is 0 Å². The fraction of sp³-hybridized carbons (Fsp3) is 0.636. The molecule has 0 bridgehead atoms. The summed E-state index contributed by atoms with van der Waals surface area (Å²) < 4.78 is 29.0. The minimum Gasteiger partial charge on any atom is -0.591 e. The average Bonchev–Trinajstić information content (AvgIpc) is 2.71. The van der Waals surface area contributed by atoms with E-state index in [1.165, 1.54) is 19.5 Å². The van der Waals surface area contributed by atoms with Crippen molar-refractivity contribution >= 4 is 23.2 Å². The second-order valence-electron chi connectivity index (χ2n) is 9.07.